The van der Waals surface area contributed by atoms with Crippen LogP contribution in [-0.2, 0) is 21.7 Å². The van der Waals surface area contributed by atoms with E-state index in [2.05, 4.69) is 5.10 Å². The van der Waals surface area contributed by atoms with E-state index >= 15 is 0 Å². The van der Waals surface area contributed by atoms with Crippen LogP contribution in [0.5, 0.6) is 0 Å². The lowest BCUT2D eigenvalue weighted by atomic mass is 10.1. The predicted octanol–water partition coefficient (Wildman–Crippen LogP) is 2.21. The zero-order valence-corrected chi connectivity index (χ0v) is 15.9. The van der Waals surface area contributed by atoms with Crippen molar-refractivity contribution >= 4 is 33.4 Å². The molecule has 0 aromatic carbocycles. The van der Waals surface area contributed by atoms with E-state index in [9.17, 15) is 13.2 Å². The van der Waals surface area contributed by atoms with E-state index in [1.807, 2.05) is 13.8 Å². The molecule has 1 aliphatic heterocycles. The molecule has 1 aliphatic rings. The highest BCUT2D eigenvalue weighted by atomic mass is 35.5. The number of carbonyl (C=O) groups is 1. The summed E-state index contributed by atoms with van der Waals surface area (Å²) in [5.41, 5.74) is 1.46. The molecule has 1 fully saturated rings. The Morgan fingerprint density at radius 1 is 1.50 bits per heavy atom. The average Bonchev–Trinajstić information content (AvgIpc) is 2.98. The van der Waals surface area contributed by atoms with Crippen LogP contribution in [-0.4, -0.2) is 53.1 Å². The van der Waals surface area contributed by atoms with Gasteiger partial charge in [-0.1, -0.05) is 24.9 Å². The fourth-order valence-corrected chi connectivity index (χ4v) is 4.88. The number of unbranched alkanes of at least 4 members (excludes halogenated alkanes) is 1. The van der Waals surface area contributed by atoms with Gasteiger partial charge in [0.05, 0.1) is 17.2 Å². The Balaban J connectivity index is 2.17. The third kappa shape index (κ3) is 4.39. The van der Waals surface area contributed by atoms with Gasteiger partial charge in [-0.3, -0.25) is 9.48 Å². The summed E-state index contributed by atoms with van der Waals surface area (Å²) in [6.45, 7) is 4.44. The highest BCUT2D eigenvalue weighted by molar-refractivity contribution is 7.91. The molecule has 0 aliphatic carbocycles. The topological polar surface area (TPSA) is 72.3 Å². The van der Waals surface area contributed by atoms with E-state index in [1.54, 1.807) is 22.7 Å². The fourth-order valence-electron chi connectivity index (χ4n) is 2.91. The van der Waals surface area contributed by atoms with Crippen molar-refractivity contribution in [3.05, 3.63) is 22.5 Å². The van der Waals surface area contributed by atoms with Gasteiger partial charge < -0.3 is 4.90 Å². The Hall–Kier alpha value is -1.34. The molecule has 0 spiro atoms. The van der Waals surface area contributed by atoms with Gasteiger partial charge in [0.25, 0.3) is 0 Å². The minimum absolute atomic E-state index is 0.0585. The van der Waals surface area contributed by atoms with Gasteiger partial charge in [-0.05, 0) is 25.8 Å². The average molecular weight is 374 g/mol. The molecule has 1 amide bonds. The zero-order valence-electron chi connectivity index (χ0n) is 14.3. The van der Waals surface area contributed by atoms with Crippen molar-refractivity contribution in [3.63, 3.8) is 0 Å². The molecule has 8 heteroatoms. The van der Waals surface area contributed by atoms with Gasteiger partial charge in [-0.15, -0.1) is 0 Å². The van der Waals surface area contributed by atoms with Crippen LogP contribution in [0.1, 0.15) is 37.4 Å². The number of sulfone groups is 1. The Kier molecular flexibility index (Phi) is 6.09. The highest BCUT2D eigenvalue weighted by Crippen LogP contribution is 2.22. The van der Waals surface area contributed by atoms with Crippen LogP contribution in [0.15, 0.2) is 6.08 Å². The SMILES string of the molecule is CCCCN(C(=O)/C=C/c1c(C)nn(C)c1Cl)C1CCS(=O)(=O)C1. The van der Waals surface area contributed by atoms with Crippen molar-refractivity contribution < 1.29 is 13.2 Å². The molecule has 0 bridgehead atoms. The van der Waals surface area contributed by atoms with Crippen LogP contribution in [0.3, 0.4) is 0 Å². The van der Waals surface area contributed by atoms with Crippen LogP contribution in [0.25, 0.3) is 6.08 Å². The molecule has 2 rings (SSSR count). The van der Waals surface area contributed by atoms with Crippen LogP contribution in [0.4, 0.5) is 0 Å². The second-order valence-electron chi connectivity index (χ2n) is 6.19. The van der Waals surface area contributed by atoms with Crippen LogP contribution in [0, 0.1) is 6.92 Å². The van der Waals surface area contributed by atoms with Crippen LogP contribution in [0.2, 0.25) is 5.15 Å². The number of aromatic nitrogens is 2. The summed E-state index contributed by atoms with van der Waals surface area (Å²) in [6.07, 6.45) is 5.44. The Morgan fingerprint density at radius 2 is 2.21 bits per heavy atom. The summed E-state index contributed by atoms with van der Waals surface area (Å²) in [4.78, 5) is 14.3. The molecule has 1 unspecified atom stereocenters. The summed E-state index contributed by atoms with van der Waals surface area (Å²) in [5.74, 6) is 0.0400. The third-order valence-electron chi connectivity index (χ3n) is 4.27. The molecule has 6 nitrogen and oxygen atoms in total. The van der Waals surface area contributed by atoms with Gasteiger partial charge >= 0.3 is 0 Å². The van der Waals surface area contributed by atoms with E-state index in [4.69, 9.17) is 11.6 Å². The summed E-state index contributed by atoms with van der Waals surface area (Å²) in [6, 6.07) is -0.232. The number of hydrogen-bond donors (Lipinski definition) is 0. The minimum atomic E-state index is -3.03. The molecule has 0 radical (unpaired) electrons. The lowest BCUT2D eigenvalue weighted by Gasteiger charge is -2.27. The number of halogens is 1. The first-order valence-corrected chi connectivity index (χ1v) is 10.3. The summed E-state index contributed by atoms with van der Waals surface area (Å²) in [5, 5.41) is 4.68. The fraction of sp³-hybridized carbons (Fsp3) is 0.625. The molecule has 24 heavy (non-hydrogen) atoms. The summed E-state index contributed by atoms with van der Waals surface area (Å²) in [7, 11) is -1.29. The van der Waals surface area contributed by atoms with E-state index in [0.29, 0.717) is 23.7 Å². The van der Waals surface area contributed by atoms with Gasteiger partial charge in [0.1, 0.15) is 5.15 Å². The van der Waals surface area contributed by atoms with Crippen LogP contribution < -0.4 is 0 Å². The zero-order chi connectivity index (χ0) is 17.9. The molecular weight excluding hydrogens is 350 g/mol. The molecule has 1 atom stereocenters. The van der Waals surface area contributed by atoms with E-state index < -0.39 is 9.84 Å². The lowest BCUT2D eigenvalue weighted by molar-refractivity contribution is -0.127. The molecule has 1 saturated heterocycles. The van der Waals surface area contributed by atoms with Crippen molar-refractivity contribution in [1.82, 2.24) is 14.7 Å². The first-order valence-electron chi connectivity index (χ1n) is 8.13. The van der Waals surface area contributed by atoms with Gasteiger partial charge in [0.15, 0.2) is 9.84 Å². The van der Waals surface area contributed by atoms with Gasteiger partial charge in [-0.2, -0.15) is 5.10 Å². The smallest absolute Gasteiger partial charge is 0.246 e. The largest absolute Gasteiger partial charge is 0.335 e. The highest BCUT2D eigenvalue weighted by Gasteiger charge is 2.33. The molecule has 2 heterocycles. The predicted molar refractivity (Wildman–Crippen MR) is 95.7 cm³/mol. The maximum absolute atomic E-state index is 12.6. The second kappa shape index (κ2) is 7.70. The monoisotopic (exact) mass is 373 g/mol. The maximum Gasteiger partial charge on any atom is 0.246 e. The van der Waals surface area contributed by atoms with Crippen molar-refractivity contribution in [1.29, 1.82) is 0 Å². The Labute approximate surface area is 148 Å². The van der Waals surface area contributed by atoms with Crippen molar-refractivity contribution in [2.75, 3.05) is 18.1 Å². The number of carbonyl (C=O) groups excluding carboxylic acids is 1. The number of hydrogen-bond acceptors (Lipinski definition) is 4. The van der Waals surface area contributed by atoms with Gasteiger partial charge in [0.2, 0.25) is 5.91 Å². The number of nitrogens with zero attached hydrogens (tertiary/aromatic N) is 3. The summed E-state index contributed by atoms with van der Waals surface area (Å²) >= 11 is 6.17. The van der Waals surface area contributed by atoms with Gasteiger partial charge in [-0.25, -0.2) is 8.42 Å². The van der Waals surface area contributed by atoms with Crippen LogP contribution >= 0.6 is 11.6 Å². The molecular formula is C16H24ClN3O3S. The quantitative estimate of drug-likeness (QED) is 0.716. The van der Waals surface area contributed by atoms with E-state index in [1.165, 1.54) is 6.08 Å². The van der Waals surface area contributed by atoms with E-state index in [0.717, 1.165) is 18.5 Å². The summed E-state index contributed by atoms with van der Waals surface area (Å²) < 4.78 is 25.0. The molecule has 1 aromatic rings. The second-order valence-corrected chi connectivity index (χ2v) is 8.78. The van der Waals surface area contributed by atoms with Crippen molar-refractivity contribution in [2.24, 2.45) is 7.05 Å². The first-order chi connectivity index (χ1) is 11.2. The first kappa shape index (κ1) is 19.0. The number of aryl methyl sites for hydroxylation is 2. The van der Waals surface area contributed by atoms with Gasteiger partial charge in [0, 0.05) is 31.3 Å². The Morgan fingerprint density at radius 3 is 2.71 bits per heavy atom. The molecule has 0 saturated carbocycles. The number of amides is 1. The maximum atomic E-state index is 12.6. The number of rotatable bonds is 6. The third-order valence-corrected chi connectivity index (χ3v) is 6.47. The standard InChI is InChI=1S/C16H24ClN3O3S/c1-4-5-9-20(13-8-10-24(22,23)11-13)15(21)7-6-14-12(2)18-19(3)16(14)17/h6-7,13H,4-5,8-11H2,1-3H3/b7-6+. The van der Waals surface area contributed by atoms with Crippen molar-refractivity contribution in [2.45, 2.75) is 39.2 Å². The normalized spacial score (nSPS) is 19.9. The Bertz CT molecular complexity index is 740. The molecule has 0 N–H and O–H groups in total. The molecule has 1 aromatic heterocycles. The van der Waals surface area contributed by atoms with E-state index in [-0.39, 0.29) is 23.5 Å². The minimum Gasteiger partial charge on any atom is -0.335 e. The van der Waals surface area contributed by atoms with Crippen molar-refractivity contribution in [3.8, 4) is 0 Å². The molecule has 134 valence electrons. The lowest BCUT2D eigenvalue weighted by Crippen LogP contribution is -2.40.